The maximum absolute atomic E-state index is 12.6. The quantitative estimate of drug-likeness (QED) is 0.413. The fourth-order valence-corrected chi connectivity index (χ4v) is 4.03. The number of carbonyl (C=O) groups excluding carboxylic acids is 1. The average molecular weight is 450 g/mol. The largest absolute Gasteiger partial charge is 0.497 e. The highest BCUT2D eigenvalue weighted by molar-refractivity contribution is 7.99. The minimum atomic E-state index is -0.130. The van der Waals surface area contributed by atoms with Crippen LogP contribution in [0.1, 0.15) is 24.4 Å². The summed E-state index contributed by atoms with van der Waals surface area (Å²) in [6, 6.07) is 15.3. The molecule has 1 amide bonds. The Morgan fingerprint density at radius 1 is 1.09 bits per heavy atom. The predicted molar refractivity (Wildman–Crippen MR) is 121 cm³/mol. The topological polar surface area (TPSA) is 99.8 Å². The van der Waals surface area contributed by atoms with Gasteiger partial charge in [-0.15, -0.1) is 10.2 Å². The maximum atomic E-state index is 12.6. The van der Waals surface area contributed by atoms with Crippen LogP contribution in [0.15, 0.2) is 66.3 Å². The number of aryl methyl sites for hydroxylation is 1. The molecule has 32 heavy (non-hydrogen) atoms. The van der Waals surface area contributed by atoms with Crippen molar-refractivity contribution in [3.8, 4) is 17.1 Å². The highest BCUT2D eigenvalue weighted by atomic mass is 32.2. The normalized spacial score (nSPS) is 11.8. The van der Waals surface area contributed by atoms with Crippen LogP contribution in [-0.4, -0.2) is 48.3 Å². The summed E-state index contributed by atoms with van der Waals surface area (Å²) < 4.78 is 8.82. The molecule has 2 aromatic carbocycles. The minimum absolute atomic E-state index is 0.0789. The number of rotatable bonds is 8. The van der Waals surface area contributed by atoms with E-state index in [-0.39, 0.29) is 17.7 Å². The Morgan fingerprint density at radius 2 is 1.81 bits per heavy atom. The smallest absolute Gasteiger partial charge is 0.230 e. The molecule has 0 aliphatic rings. The third kappa shape index (κ3) is 4.80. The first-order chi connectivity index (χ1) is 15.5. The van der Waals surface area contributed by atoms with Crippen molar-refractivity contribution in [3.05, 3.63) is 72.6 Å². The lowest BCUT2D eigenvalue weighted by Gasteiger charge is -2.15. The van der Waals surface area contributed by atoms with Gasteiger partial charge in [0.25, 0.3) is 0 Å². The number of nitrogens with zero attached hydrogens (tertiary/aromatic N) is 6. The Kier molecular flexibility index (Phi) is 6.50. The van der Waals surface area contributed by atoms with Gasteiger partial charge in [0, 0.05) is 5.69 Å². The summed E-state index contributed by atoms with van der Waals surface area (Å²) in [7, 11) is 1.63. The molecule has 1 N–H and O–H groups in total. The molecule has 0 aliphatic carbocycles. The van der Waals surface area contributed by atoms with Gasteiger partial charge in [-0.2, -0.15) is 5.10 Å². The van der Waals surface area contributed by atoms with Crippen molar-refractivity contribution in [2.75, 3.05) is 12.9 Å². The first kappa shape index (κ1) is 21.6. The molecule has 4 rings (SSSR count). The van der Waals surface area contributed by atoms with Gasteiger partial charge in [-0.3, -0.25) is 9.36 Å². The lowest BCUT2D eigenvalue weighted by molar-refractivity contribution is -0.119. The van der Waals surface area contributed by atoms with Crippen LogP contribution < -0.4 is 10.1 Å². The zero-order valence-electron chi connectivity index (χ0n) is 18.0. The number of aromatic nitrogens is 6. The van der Waals surface area contributed by atoms with Gasteiger partial charge in [0.2, 0.25) is 5.91 Å². The highest BCUT2D eigenvalue weighted by Crippen LogP contribution is 2.24. The van der Waals surface area contributed by atoms with Crippen LogP contribution in [0, 0.1) is 6.92 Å². The summed E-state index contributed by atoms with van der Waals surface area (Å²) in [5.41, 5.74) is 2.83. The van der Waals surface area contributed by atoms with E-state index in [0.29, 0.717) is 5.16 Å². The molecule has 10 heteroatoms. The Hall–Kier alpha value is -3.66. The molecule has 2 aromatic heterocycles. The maximum Gasteiger partial charge on any atom is 0.230 e. The van der Waals surface area contributed by atoms with Gasteiger partial charge in [-0.1, -0.05) is 23.9 Å². The first-order valence-electron chi connectivity index (χ1n) is 9.98. The zero-order valence-corrected chi connectivity index (χ0v) is 18.8. The molecule has 0 radical (unpaired) electrons. The molecule has 4 aromatic rings. The monoisotopic (exact) mass is 449 g/mol. The van der Waals surface area contributed by atoms with Gasteiger partial charge in [-0.05, 0) is 55.8 Å². The number of benzene rings is 2. The van der Waals surface area contributed by atoms with E-state index in [1.165, 1.54) is 18.1 Å². The molecule has 0 saturated carbocycles. The van der Waals surface area contributed by atoms with Crippen LogP contribution in [0.25, 0.3) is 11.4 Å². The molecular formula is C22H23N7O2S. The number of amides is 1. The van der Waals surface area contributed by atoms with Gasteiger partial charge < -0.3 is 10.1 Å². The van der Waals surface area contributed by atoms with Crippen LogP contribution in [0.3, 0.4) is 0 Å². The fraction of sp³-hybridized carbons (Fsp3) is 0.227. The number of ether oxygens (including phenoxy) is 1. The van der Waals surface area contributed by atoms with Gasteiger partial charge in [0.05, 0.1) is 24.6 Å². The van der Waals surface area contributed by atoms with Crippen molar-refractivity contribution in [2.45, 2.75) is 25.0 Å². The van der Waals surface area contributed by atoms with E-state index in [4.69, 9.17) is 4.74 Å². The Morgan fingerprint density at radius 3 is 2.47 bits per heavy atom. The van der Waals surface area contributed by atoms with Crippen LogP contribution in [-0.2, 0) is 4.79 Å². The highest BCUT2D eigenvalue weighted by Gasteiger charge is 2.15. The van der Waals surface area contributed by atoms with E-state index in [9.17, 15) is 4.79 Å². The Labute approximate surface area is 189 Å². The summed E-state index contributed by atoms with van der Waals surface area (Å²) in [5, 5.41) is 16.2. The predicted octanol–water partition coefficient (Wildman–Crippen LogP) is 3.13. The van der Waals surface area contributed by atoms with Crippen molar-refractivity contribution in [2.24, 2.45) is 0 Å². The van der Waals surface area contributed by atoms with Gasteiger partial charge in [0.1, 0.15) is 24.2 Å². The summed E-state index contributed by atoms with van der Waals surface area (Å²) in [6.07, 6.45) is 3.13. The zero-order chi connectivity index (χ0) is 22.5. The van der Waals surface area contributed by atoms with Crippen LogP contribution in [0.5, 0.6) is 5.75 Å². The summed E-state index contributed by atoms with van der Waals surface area (Å²) in [4.78, 5) is 16.5. The van der Waals surface area contributed by atoms with Crippen LogP contribution in [0.2, 0.25) is 0 Å². The number of carbonyl (C=O) groups is 1. The molecule has 0 bridgehead atoms. The van der Waals surface area contributed by atoms with Crippen LogP contribution >= 0.6 is 11.8 Å². The van der Waals surface area contributed by atoms with E-state index >= 15 is 0 Å². The van der Waals surface area contributed by atoms with Gasteiger partial charge in [-0.25, -0.2) is 9.67 Å². The molecule has 0 aliphatic heterocycles. The molecule has 1 atom stereocenters. The molecule has 0 unspecified atom stereocenters. The second-order valence-corrected chi connectivity index (χ2v) is 8.02. The standard InChI is InChI=1S/C22H23N7O2S/c1-15(17-4-6-18(7-5-17)28-14-23-13-24-28)25-21(30)12-32-22-27-26-16(2)29(22)19-8-10-20(31-3)11-9-19/h4-11,13-15H,12H2,1-3H3,(H,25,30)/t15-/m0/s1. The summed E-state index contributed by atoms with van der Waals surface area (Å²) in [5.74, 6) is 1.68. The molecular weight excluding hydrogens is 426 g/mol. The SMILES string of the molecule is COc1ccc(-n2c(C)nnc2SCC(=O)N[C@@H](C)c2ccc(-n3cncn3)cc2)cc1. The van der Waals surface area contributed by atoms with E-state index in [1.54, 1.807) is 18.1 Å². The second-order valence-electron chi connectivity index (χ2n) is 7.07. The summed E-state index contributed by atoms with van der Waals surface area (Å²) in [6.45, 7) is 3.84. The average Bonchev–Trinajstić information content (AvgIpc) is 3.48. The number of hydrogen-bond donors (Lipinski definition) is 1. The van der Waals surface area contributed by atoms with Gasteiger partial charge >= 0.3 is 0 Å². The number of nitrogens with one attached hydrogen (secondary N) is 1. The van der Waals surface area contributed by atoms with E-state index in [1.807, 2.05) is 66.9 Å². The molecule has 9 nitrogen and oxygen atoms in total. The van der Waals surface area contributed by atoms with E-state index < -0.39 is 0 Å². The van der Waals surface area contributed by atoms with Gasteiger partial charge in [0.15, 0.2) is 5.16 Å². The minimum Gasteiger partial charge on any atom is -0.497 e. The first-order valence-corrected chi connectivity index (χ1v) is 11.0. The fourth-order valence-electron chi connectivity index (χ4n) is 3.22. The Balaban J connectivity index is 1.37. The van der Waals surface area contributed by atoms with E-state index in [0.717, 1.165) is 28.5 Å². The third-order valence-corrected chi connectivity index (χ3v) is 5.84. The molecule has 0 spiro atoms. The lowest BCUT2D eigenvalue weighted by atomic mass is 10.1. The lowest BCUT2D eigenvalue weighted by Crippen LogP contribution is -2.28. The molecule has 0 saturated heterocycles. The van der Waals surface area contributed by atoms with Crippen molar-refractivity contribution in [1.82, 2.24) is 34.8 Å². The molecule has 0 fully saturated rings. The number of methoxy groups -OCH3 is 1. The second kappa shape index (κ2) is 9.65. The van der Waals surface area contributed by atoms with Crippen molar-refractivity contribution in [1.29, 1.82) is 0 Å². The third-order valence-electron chi connectivity index (χ3n) is 4.91. The van der Waals surface area contributed by atoms with Crippen LogP contribution in [0.4, 0.5) is 0 Å². The number of hydrogen-bond acceptors (Lipinski definition) is 7. The summed E-state index contributed by atoms with van der Waals surface area (Å²) >= 11 is 1.35. The van der Waals surface area contributed by atoms with E-state index in [2.05, 4.69) is 25.6 Å². The van der Waals surface area contributed by atoms with Crippen molar-refractivity contribution >= 4 is 17.7 Å². The number of thioether (sulfide) groups is 1. The molecule has 164 valence electrons. The Bertz CT molecular complexity index is 1170. The van der Waals surface area contributed by atoms with Crippen molar-refractivity contribution < 1.29 is 9.53 Å². The van der Waals surface area contributed by atoms with Crippen molar-refractivity contribution in [3.63, 3.8) is 0 Å². The molecule has 2 heterocycles.